The molecule has 0 aliphatic carbocycles. The molecule has 2 aromatic carbocycles. The molecular formula is C15H13Cl2FO2. The molecule has 0 fully saturated rings. The maximum Gasteiger partial charge on any atom is 0.142 e. The minimum Gasteiger partial charge on any atom is -0.491 e. The van der Waals surface area contributed by atoms with E-state index in [-0.39, 0.29) is 11.6 Å². The maximum atomic E-state index is 13.3. The molecule has 2 aromatic rings. The van der Waals surface area contributed by atoms with Gasteiger partial charge in [-0.3, -0.25) is 0 Å². The van der Waals surface area contributed by atoms with Crippen LogP contribution in [-0.2, 0) is 6.42 Å². The van der Waals surface area contributed by atoms with Gasteiger partial charge in [-0.25, -0.2) is 4.39 Å². The molecule has 0 aliphatic heterocycles. The van der Waals surface area contributed by atoms with E-state index in [9.17, 15) is 9.50 Å². The Morgan fingerprint density at radius 1 is 1.10 bits per heavy atom. The Bertz CT molecular complexity index is 573. The number of rotatable bonds is 5. The summed E-state index contributed by atoms with van der Waals surface area (Å²) in [5.74, 6) is 0.130. The number of ether oxygens (including phenoxy) is 1. The van der Waals surface area contributed by atoms with Gasteiger partial charge in [0.25, 0.3) is 0 Å². The van der Waals surface area contributed by atoms with Crippen LogP contribution in [0.5, 0.6) is 5.75 Å². The molecule has 2 rings (SSSR count). The zero-order valence-corrected chi connectivity index (χ0v) is 12.0. The van der Waals surface area contributed by atoms with E-state index in [0.29, 0.717) is 22.8 Å². The van der Waals surface area contributed by atoms with Gasteiger partial charge in [0, 0.05) is 11.4 Å². The van der Waals surface area contributed by atoms with Gasteiger partial charge in [-0.05, 0) is 42.0 Å². The largest absolute Gasteiger partial charge is 0.491 e. The smallest absolute Gasteiger partial charge is 0.142 e. The van der Waals surface area contributed by atoms with Crippen LogP contribution in [0.25, 0.3) is 0 Å². The zero-order chi connectivity index (χ0) is 14.5. The Morgan fingerprint density at radius 2 is 1.80 bits per heavy atom. The summed E-state index contributed by atoms with van der Waals surface area (Å²) in [7, 11) is 0. The van der Waals surface area contributed by atoms with Crippen LogP contribution in [0.2, 0.25) is 10.0 Å². The highest BCUT2D eigenvalue weighted by Crippen LogP contribution is 2.18. The van der Waals surface area contributed by atoms with Gasteiger partial charge >= 0.3 is 0 Å². The zero-order valence-electron chi connectivity index (χ0n) is 10.5. The average molecular weight is 315 g/mol. The van der Waals surface area contributed by atoms with Crippen LogP contribution in [0.15, 0.2) is 42.5 Å². The summed E-state index contributed by atoms with van der Waals surface area (Å²) in [4.78, 5) is 0. The second-order valence-corrected chi connectivity index (χ2v) is 5.21. The summed E-state index contributed by atoms with van der Waals surface area (Å²) in [6.45, 7) is 0.117. The van der Waals surface area contributed by atoms with Crippen LogP contribution < -0.4 is 4.74 Å². The van der Waals surface area contributed by atoms with Gasteiger partial charge in [0.1, 0.15) is 18.2 Å². The van der Waals surface area contributed by atoms with E-state index in [1.807, 2.05) is 0 Å². The Kier molecular flexibility index (Phi) is 5.24. The van der Waals surface area contributed by atoms with Crippen LogP contribution in [0.1, 0.15) is 5.56 Å². The summed E-state index contributed by atoms with van der Waals surface area (Å²) in [5, 5.41) is 10.6. The third kappa shape index (κ3) is 4.37. The van der Waals surface area contributed by atoms with E-state index in [0.717, 1.165) is 0 Å². The molecule has 0 radical (unpaired) electrons. The second-order valence-electron chi connectivity index (χ2n) is 4.37. The predicted molar refractivity (Wildman–Crippen MR) is 78.1 cm³/mol. The molecule has 0 saturated heterocycles. The molecule has 0 amide bonds. The summed E-state index contributed by atoms with van der Waals surface area (Å²) in [6, 6.07) is 11.3. The van der Waals surface area contributed by atoms with E-state index in [4.69, 9.17) is 27.9 Å². The third-order valence-electron chi connectivity index (χ3n) is 2.71. The van der Waals surface area contributed by atoms with Crippen molar-refractivity contribution in [2.75, 3.05) is 6.61 Å². The Labute approximate surface area is 126 Å². The number of hydrogen-bond acceptors (Lipinski definition) is 2. The van der Waals surface area contributed by atoms with Crippen LogP contribution in [0.3, 0.4) is 0 Å². The Balaban J connectivity index is 1.87. The molecule has 2 nitrogen and oxygen atoms in total. The fraction of sp³-hybridized carbons (Fsp3) is 0.200. The highest BCUT2D eigenvalue weighted by molar-refractivity contribution is 6.30. The molecule has 0 aromatic heterocycles. The quantitative estimate of drug-likeness (QED) is 0.899. The lowest BCUT2D eigenvalue weighted by molar-refractivity contribution is 0.107. The topological polar surface area (TPSA) is 29.5 Å². The molecule has 1 unspecified atom stereocenters. The molecule has 1 N–H and O–H groups in total. The average Bonchev–Trinajstić information content (AvgIpc) is 2.42. The Hall–Kier alpha value is -1.29. The number of aliphatic hydroxyl groups excluding tert-OH is 1. The lowest BCUT2D eigenvalue weighted by atomic mass is 10.1. The molecule has 0 saturated carbocycles. The second kappa shape index (κ2) is 6.93. The van der Waals surface area contributed by atoms with Gasteiger partial charge in [-0.1, -0.05) is 29.3 Å². The fourth-order valence-electron chi connectivity index (χ4n) is 1.72. The first-order valence-corrected chi connectivity index (χ1v) is 6.80. The van der Waals surface area contributed by atoms with Crippen molar-refractivity contribution in [2.24, 2.45) is 0 Å². The van der Waals surface area contributed by atoms with Gasteiger partial charge in [0.15, 0.2) is 0 Å². The summed E-state index contributed by atoms with van der Waals surface area (Å²) in [6.07, 6.45) is -0.437. The normalized spacial score (nSPS) is 12.2. The first-order valence-electron chi connectivity index (χ1n) is 6.05. The minimum atomic E-state index is -0.730. The van der Waals surface area contributed by atoms with Gasteiger partial charge in [0.05, 0.1) is 11.1 Å². The van der Waals surface area contributed by atoms with Crippen molar-refractivity contribution in [3.05, 3.63) is 63.9 Å². The number of aliphatic hydroxyl groups is 1. The Morgan fingerprint density at radius 3 is 2.45 bits per heavy atom. The van der Waals surface area contributed by atoms with E-state index < -0.39 is 11.9 Å². The molecule has 20 heavy (non-hydrogen) atoms. The molecular weight excluding hydrogens is 302 g/mol. The van der Waals surface area contributed by atoms with Crippen molar-refractivity contribution in [1.82, 2.24) is 0 Å². The SMILES string of the molecule is OC(COc1ccc(Cl)cc1)Cc1ccc(Cl)c(F)c1. The van der Waals surface area contributed by atoms with Gasteiger partial charge in [-0.2, -0.15) is 0 Å². The van der Waals surface area contributed by atoms with Gasteiger partial charge in [-0.15, -0.1) is 0 Å². The number of benzene rings is 2. The highest BCUT2D eigenvalue weighted by Gasteiger charge is 2.09. The van der Waals surface area contributed by atoms with Crippen molar-refractivity contribution >= 4 is 23.2 Å². The van der Waals surface area contributed by atoms with E-state index in [1.165, 1.54) is 12.1 Å². The molecule has 106 valence electrons. The van der Waals surface area contributed by atoms with Gasteiger partial charge < -0.3 is 9.84 Å². The maximum absolute atomic E-state index is 13.3. The standard InChI is InChI=1S/C15H13Cl2FO2/c16-11-2-4-13(5-3-11)20-9-12(19)7-10-1-6-14(17)15(18)8-10/h1-6,8,12,19H,7,9H2. The van der Waals surface area contributed by atoms with E-state index in [1.54, 1.807) is 30.3 Å². The lowest BCUT2D eigenvalue weighted by Gasteiger charge is -2.12. The van der Waals surface area contributed by atoms with E-state index in [2.05, 4.69) is 0 Å². The van der Waals surface area contributed by atoms with Crippen molar-refractivity contribution in [3.63, 3.8) is 0 Å². The number of hydrogen-bond donors (Lipinski definition) is 1. The van der Waals surface area contributed by atoms with Crippen LogP contribution in [0.4, 0.5) is 4.39 Å². The predicted octanol–water partition coefficient (Wildman–Crippen LogP) is 4.11. The lowest BCUT2D eigenvalue weighted by Crippen LogP contribution is -2.20. The molecule has 0 heterocycles. The monoisotopic (exact) mass is 314 g/mol. The van der Waals surface area contributed by atoms with Crippen LogP contribution in [-0.4, -0.2) is 17.8 Å². The molecule has 0 bridgehead atoms. The van der Waals surface area contributed by atoms with Crippen molar-refractivity contribution in [3.8, 4) is 5.75 Å². The number of halogens is 3. The first-order chi connectivity index (χ1) is 9.54. The minimum absolute atomic E-state index is 0.0701. The summed E-state index contributed by atoms with van der Waals surface area (Å²) in [5.41, 5.74) is 0.666. The highest BCUT2D eigenvalue weighted by atomic mass is 35.5. The fourth-order valence-corrected chi connectivity index (χ4v) is 1.96. The summed E-state index contributed by atoms with van der Waals surface area (Å²) >= 11 is 11.4. The van der Waals surface area contributed by atoms with Crippen LogP contribution in [0, 0.1) is 5.82 Å². The molecule has 1 atom stereocenters. The van der Waals surface area contributed by atoms with Crippen molar-refractivity contribution in [2.45, 2.75) is 12.5 Å². The van der Waals surface area contributed by atoms with Crippen LogP contribution >= 0.6 is 23.2 Å². The molecule has 0 spiro atoms. The summed E-state index contributed by atoms with van der Waals surface area (Å²) < 4.78 is 18.7. The molecule has 0 aliphatic rings. The first kappa shape index (κ1) is 15.1. The molecule has 5 heteroatoms. The third-order valence-corrected chi connectivity index (χ3v) is 3.27. The van der Waals surface area contributed by atoms with Gasteiger partial charge in [0.2, 0.25) is 0 Å². The van der Waals surface area contributed by atoms with Crippen molar-refractivity contribution in [1.29, 1.82) is 0 Å². The van der Waals surface area contributed by atoms with E-state index >= 15 is 0 Å². The van der Waals surface area contributed by atoms with Crippen molar-refractivity contribution < 1.29 is 14.2 Å².